The first-order valence-corrected chi connectivity index (χ1v) is 8.65. The molecule has 0 radical (unpaired) electrons. The lowest BCUT2D eigenvalue weighted by Gasteiger charge is -2.33. The fourth-order valence-electron chi connectivity index (χ4n) is 3.65. The second-order valence-corrected chi connectivity index (χ2v) is 6.70. The maximum Gasteiger partial charge on any atom is 0.231 e. The van der Waals surface area contributed by atoms with Crippen LogP contribution in [0.25, 0.3) is 0 Å². The fraction of sp³-hybridized carbons (Fsp3) is 0.611. The SMILES string of the molecule is CC(=O)N1Cc2cccnc2C(C(=O)NC2CCCCCC2)C1. The Labute approximate surface area is 137 Å². The predicted molar refractivity (Wildman–Crippen MR) is 87.7 cm³/mol. The van der Waals surface area contributed by atoms with Crippen LogP contribution in [0.2, 0.25) is 0 Å². The van der Waals surface area contributed by atoms with Crippen molar-refractivity contribution in [3.8, 4) is 0 Å². The van der Waals surface area contributed by atoms with E-state index in [0.29, 0.717) is 13.1 Å². The number of pyridine rings is 1. The van der Waals surface area contributed by atoms with Crippen LogP contribution >= 0.6 is 0 Å². The smallest absolute Gasteiger partial charge is 0.231 e. The normalized spacial score (nSPS) is 22.1. The van der Waals surface area contributed by atoms with Crippen LogP contribution in [-0.2, 0) is 16.1 Å². The Morgan fingerprint density at radius 3 is 2.65 bits per heavy atom. The van der Waals surface area contributed by atoms with Gasteiger partial charge in [-0.25, -0.2) is 0 Å². The minimum absolute atomic E-state index is 0.00627. The first kappa shape index (κ1) is 16.0. The second-order valence-electron chi connectivity index (χ2n) is 6.70. The van der Waals surface area contributed by atoms with E-state index >= 15 is 0 Å². The average molecular weight is 315 g/mol. The molecule has 1 aromatic heterocycles. The van der Waals surface area contributed by atoms with Gasteiger partial charge in [-0.3, -0.25) is 14.6 Å². The summed E-state index contributed by atoms with van der Waals surface area (Å²) in [5.74, 6) is -0.332. The van der Waals surface area contributed by atoms with Crippen LogP contribution < -0.4 is 5.32 Å². The maximum absolute atomic E-state index is 12.8. The van der Waals surface area contributed by atoms with Crippen molar-refractivity contribution in [3.05, 3.63) is 29.6 Å². The number of carbonyl (C=O) groups is 2. The molecule has 0 bridgehead atoms. The summed E-state index contributed by atoms with van der Waals surface area (Å²) in [6.45, 7) is 2.53. The molecule has 124 valence electrons. The molecule has 1 atom stereocenters. The minimum atomic E-state index is -0.355. The molecule has 5 nitrogen and oxygen atoms in total. The molecule has 1 aliphatic heterocycles. The zero-order valence-corrected chi connectivity index (χ0v) is 13.8. The van der Waals surface area contributed by atoms with Crippen molar-refractivity contribution in [2.24, 2.45) is 0 Å². The van der Waals surface area contributed by atoms with Crippen LogP contribution in [0.4, 0.5) is 0 Å². The number of hydrogen-bond acceptors (Lipinski definition) is 3. The van der Waals surface area contributed by atoms with Gasteiger partial charge in [-0.15, -0.1) is 0 Å². The van der Waals surface area contributed by atoms with Gasteiger partial charge in [0.25, 0.3) is 0 Å². The van der Waals surface area contributed by atoms with E-state index in [1.54, 1.807) is 18.0 Å². The maximum atomic E-state index is 12.8. The van der Waals surface area contributed by atoms with E-state index in [-0.39, 0.29) is 23.8 Å². The highest BCUT2D eigenvalue weighted by atomic mass is 16.2. The molecule has 2 aliphatic rings. The lowest BCUT2D eigenvalue weighted by atomic mass is 9.93. The predicted octanol–water partition coefficient (Wildman–Crippen LogP) is 2.37. The first-order chi connectivity index (χ1) is 11.1. The first-order valence-electron chi connectivity index (χ1n) is 8.65. The Kier molecular flexibility index (Phi) is 4.94. The van der Waals surface area contributed by atoms with Gasteiger partial charge in [-0.1, -0.05) is 31.7 Å². The van der Waals surface area contributed by atoms with Crippen LogP contribution in [-0.4, -0.2) is 34.3 Å². The van der Waals surface area contributed by atoms with Crippen molar-refractivity contribution >= 4 is 11.8 Å². The summed E-state index contributed by atoms with van der Waals surface area (Å²) < 4.78 is 0. The standard InChI is InChI=1S/C18H25N3O2/c1-13(22)21-11-14-7-6-10-19-17(14)16(12-21)18(23)20-15-8-4-2-3-5-9-15/h6-7,10,15-16H,2-5,8-9,11-12H2,1H3,(H,20,23). The number of fused-ring (bicyclic) bond motifs is 1. The quantitative estimate of drug-likeness (QED) is 0.852. The van der Waals surface area contributed by atoms with E-state index in [0.717, 1.165) is 24.1 Å². The number of rotatable bonds is 2. The van der Waals surface area contributed by atoms with E-state index < -0.39 is 0 Å². The molecule has 1 fully saturated rings. The molecule has 2 amide bonds. The Morgan fingerprint density at radius 1 is 1.22 bits per heavy atom. The number of nitrogens with one attached hydrogen (secondary N) is 1. The summed E-state index contributed by atoms with van der Waals surface area (Å²) in [5.41, 5.74) is 1.81. The minimum Gasteiger partial charge on any atom is -0.353 e. The molecule has 5 heteroatoms. The van der Waals surface area contributed by atoms with Crippen molar-refractivity contribution < 1.29 is 9.59 Å². The summed E-state index contributed by atoms with van der Waals surface area (Å²) in [5, 5.41) is 3.21. The molecule has 0 aromatic carbocycles. The van der Waals surface area contributed by atoms with E-state index in [4.69, 9.17) is 0 Å². The van der Waals surface area contributed by atoms with E-state index in [2.05, 4.69) is 10.3 Å². The topological polar surface area (TPSA) is 62.3 Å². The second kappa shape index (κ2) is 7.11. The van der Waals surface area contributed by atoms with Crippen molar-refractivity contribution in [1.29, 1.82) is 0 Å². The highest BCUT2D eigenvalue weighted by molar-refractivity contribution is 5.85. The molecular weight excluding hydrogens is 290 g/mol. The molecule has 1 aromatic rings. The van der Waals surface area contributed by atoms with Gasteiger partial charge >= 0.3 is 0 Å². The average Bonchev–Trinajstić information content (AvgIpc) is 2.82. The van der Waals surface area contributed by atoms with Crippen LogP contribution in [0, 0.1) is 0 Å². The molecule has 0 spiro atoms. The molecule has 1 N–H and O–H groups in total. The van der Waals surface area contributed by atoms with Crippen molar-refractivity contribution in [2.45, 2.75) is 64.0 Å². The van der Waals surface area contributed by atoms with Gasteiger partial charge in [0, 0.05) is 32.3 Å². The largest absolute Gasteiger partial charge is 0.353 e. The number of amides is 2. The van der Waals surface area contributed by atoms with Gasteiger partial charge in [0.15, 0.2) is 0 Å². The molecule has 1 aliphatic carbocycles. The highest BCUT2D eigenvalue weighted by Crippen LogP contribution is 2.27. The molecular formula is C18H25N3O2. The zero-order valence-electron chi connectivity index (χ0n) is 13.8. The van der Waals surface area contributed by atoms with Crippen molar-refractivity contribution in [2.75, 3.05) is 6.54 Å². The summed E-state index contributed by atoms with van der Waals surface area (Å²) in [4.78, 5) is 30.8. The van der Waals surface area contributed by atoms with Gasteiger partial charge in [0.2, 0.25) is 11.8 Å². The third-order valence-corrected chi connectivity index (χ3v) is 4.98. The Balaban J connectivity index is 1.76. The van der Waals surface area contributed by atoms with Crippen LogP contribution in [0.1, 0.15) is 62.6 Å². The van der Waals surface area contributed by atoms with Gasteiger partial charge in [0.05, 0.1) is 11.6 Å². The molecule has 0 saturated heterocycles. The number of nitrogens with zero attached hydrogens (tertiary/aromatic N) is 2. The highest BCUT2D eigenvalue weighted by Gasteiger charge is 2.33. The molecule has 23 heavy (non-hydrogen) atoms. The monoisotopic (exact) mass is 315 g/mol. The van der Waals surface area contributed by atoms with Crippen molar-refractivity contribution in [1.82, 2.24) is 15.2 Å². The molecule has 2 heterocycles. The Bertz CT molecular complexity index is 579. The van der Waals surface area contributed by atoms with Gasteiger partial charge < -0.3 is 10.2 Å². The Hall–Kier alpha value is -1.91. The van der Waals surface area contributed by atoms with Crippen LogP contribution in [0.3, 0.4) is 0 Å². The zero-order chi connectivity index (χ0) is 16.2. The van der Waals surface area contributed by atoms with E-state index in [9.17, 15) is 9.59 Å². The van der Waals surface area contributed by atoms with E-state index in [1.807, 2.05) is 12.1 Å². The van der Waals surface area contributed by atoms with E-state index in [1.165, 1.54) is 25.7 Å². The van der Waals surface area contributed by atoms with Crippen LogP contribution in [0.15, 0.2) is 18.3 Å². The summed E-state index contributed by atoms with van der Waals surface area (Å²) in [6, 6.07) is 4.09. The Morgan fingerprint density at radius 2 is 1.96 bits per heavy atom. The van der Waals surface area contributed by atoms with Crippen LogP contribution in [0.5, 0.6) is 0 Å². The lowest BCUT2D eigenvalue weighted by Crippen LogP contribution is -2.45. The van der Waals surface area contributed by atoms with Crippen molar-refractivity contribution in [3.63, 3.8) is 0 Å². The number of hydrogen-bond donors (Lipinski definition) is 1. The molecule has 3 rings (SSSR count). The summed E-state index contributed by atoms with van der Waals surface area (Å²) in [7, 11) is 0. The van der Waals surface area contributed by atoms with Gasteiger partial charge in [0.1, 0.15) is 0 Å². The van der Waals surface area contributed by atoms with Gasteiger partial charge in [-0.05, 0) is 24.5 Å². The third-order valence-electron chi connectivity index (χ3n) is 4.98. The number of carbonyl (C=O) groups excluding carboxylic acids is 2. The summed E-state index contributed by atoms with van der Waals surface area (Å²) in [6.07, 6.45) is 8.74. The van der Waals surface area contributed by atoms with Gasteiger partial charge in [-0.2, -0.15) is 0 Å². The molecule has 1 unspecified atom stereocenters. The fourth-order valence-corrected chi connectivity index (χ4v) is 3.65. The summed E-state index contributed by atoms with van der Waals surface area (Å²) >= 11 is 0. The lowest BCUT2D eigenvalue weighted by molar-refractivity contribution is -0.131. The third kappa shape index (κ3) is 3.71. The number of aromatic nitrogens is 1. The molecule has 1 saturated carbocycles.